The molecule has 0 fully saturated rings. The van der Waals surface area contributed by atoms with Crippen molar-refractivity contribution in [3.63, 3.8) is 0 Å². The van der Waals surface area contributed by atoms with E-state index >= 15 is 0 Å². The highest BCUT2D eigenvalue weighted by Gasteiger charge is 2.07. The molecule has 3 N–H and O–H groups in total. The Morgan fingerprint density at radius 3 is 2.00 bits per heavy atom. The molecule has 18 heavy (non-hydrogen) atoms. The van der Waals surface area contributed by atoms with Crippen molar-refractivity contribution in [3.8, 4) is 11.5 Å². The monoisotopic (exact) mass is 247 g/mol. The maximum atomic E-state index is 9.51. The van der Waals surface area contributed by atoms with Crippen molar-refractivity contribution in [1.29, 1.82) is 5.41 Å². The summed E-state index contributed by atoms with van der Waals surface area (Å²) in [7, 11) is 0. The SMILES string of the molecule is C=C(C)/C=C\C(=N)c1cc(O)c(C)c(O)c1.CC. The van der Waals surface area contributed by atoms with E-state index in [1.807, 2.05) is 20.8 Å². The van der Waals surface area contributed by atoms with Gasteiger partial charge in [-0.2, -0.15) is 0 Å². The molecular weight excluding hydrogens is 226 g/mol. The van der Waals surface area contributed by atoms with Crippen molar-refractivity contribution in [3.05, 3.63) is 47.6 Å². The molecule has 0 unspecified atom stereocenters. The summed E-state index contributed by atoms with van der Waals surface area (Å²) in [6.45, 7) is 11.1. The van der Waals surface area contributed by atoms with Crippen LogP contribution < -0.4 is 0 Å². The standard InChI is InChI=1S/C13H15NO2.C2H6/c1-8(2)4-5-11(14)10-6-12(15)9(3)13(16)7-10;1-2/h4-7,14-16H,1H2,2-3H3;1-2H3/b5-4-,14-11?;. The summed E-state index contributed by atoms with van der Waals surface area (Å²) in [5.74, 6) is -0.0213. The Labute approximate surface area is 109 Å². The van der Waals surface area contributed by atoms with Crippen LogP contribution in [-0.4, -0.2) is 15.9 Å². The fourth-order valence-corrected chi connectivity index (χ4v) is 1.16. The molecule has 1 aromatic carbocycles. The van der Waals surface area contributed by atoms with Crippen molar-refractivity contribution >= 4 is 5.71 Å². The van der Waals surface area contributed by atoms with Gasteiger partial charge in [-0.15, -0.1) is 0 Å². The fraction of sp³-hybridized carbons (Fsp3) is 0.267. The van der Waals surface area contributed by atoms with Gasteiger partial charge in [0.1, 0.15) is 11.5 Å². The van der Waals surface area contributed by atoms with Gasteiger partial charge in [0.05, 0.1) is 5.71 Å². The third-order valence-corrected chi connectivity index (χ3v) is 2.20. The summed E-state index contributed by atoms with van der Waals surface area (Å²) in [6.07, 6.45) is 3.28. The molecule has 0 aliphatic rings. The second-order valence-electron chi connectivity index (χ2n) is 3.73. The normalized spacial score (nSPS) is 9.78. The van der Waals surface area contributed by atoms with E-state index in [4.69, 9.17) is 5.41 Å². The Morgan fingerprint density at radius 1 is 1.17 bits per heavy atom. The summed E-state index contributed by atoms with van der Waals surface area (Å²) in [6, 6.07) is 2.92. The molecule has 0 amide bonds. The van der Waals surface area contributed by atoms with Crippen LogP contribution in [0.4, 0.5) is 0 Å². The molecule has 1 aromatic rings. The molecule has 0 heterocycles. The van der Waals surface area contributed by atoms with Crippen LogP contribution in [-0.2, 0) is 0 Å². The first-order valence-electron chi connectivity index (χ1n) is 5.87. The third-order valence-electron chi connectivity index (χ3n) is 2.20. The third kappa shape index (κ3) is 4.45. The van der Waals surface area contributed by atoms with Crippen molar-refractivity contribution in [2.24, 2.45) is 0 Å². The van der Waals surface area contributed by atoms with E-state index in [-0.39, 0.29) is 17.2 Å². The molecule has 0 spiro atoms. The van der Waals surface area contributed by atoms with Gasteiger partial charge in [0.2, 0.25) is 0 Å². The van der Waals surface area contributed by atoms with Gasteiger partial charge in [-0.3, -0.25) is 0 Å². The minimum atomic E-state index is -0.0107. The largest absolute Gasteiger partial charge is 0.508 e. The van der Waals surface area contributed by atoms with E-state index in [9.17, 15) is 10.2 Å². The van der Waals surface area contributed by atoms with E-state index in [0.717, 1.165) is 5.57 Å². The molecule has 0 saturated heterocycles. The number of hydrogen-bond acceptors (Lipinski definition) is 3. The minimum absolute atomic E-state index is 0.0107. The van der Waals surface area contributed by atoms with Crippen molar-refractivity contribution < 1.29 is 10.2 Å². The van der Waals surface area contributed by atoms with Crippen LogP contribution in [0.2, 0.25) is 0 Å². The summed E-state index contributed by atoms with van der Waals surface area (Å²) in [5.41, 5.74) is 1.94. The van der Waals surface area contributed by atoms with Crippen LogP contribution >= 0.6 is 0 Å². The number of phenolic OH excluding ortho intramolecular Hbond substituents is 2. The zero-order chi connectivity index (χ0) is 14.3. The Balaban J connectivity index is 0.00000137. The molecular formula is C15H21NO2. The lowest BCUT2D eigenvalue weighted by atomic mass is 10.1. The van der Waals surface area contributed by atoms with E-state index in [2.05, 4.69) is 6.58 Å². The predicted molar refractivity (Wildman–Crippen MR) is 76.6 cm³/mol. The molecule has 0 aliphatic heterocycles. The van der Waals surface area contributed by atoms with Crippen LogP contribution in [0.25, 0.3) is 0 Å². The van der Waals surface area contributed by atoms with E-state index in [1.165, 1.54) is 12.1 Å². The van der Waals surface area contributed by atoms with Gasteiger partial charge in [-0.05, 0) is 32.1 Å². The van der Waals surface area contributed by atoms with Crippen LogP contribution in [0.15, 0.2) is 36.4 Å². The van der Waals surface area contributed by atoms with Crippen LogP contribution in [0, 0.1) is 12.3 Å². The average molecular weight is 247 g/mol. The molecule has 3 heteroatoms. The van der Waals surface area contributed by atoms with Gasteiger partial charge in [0.15, 0.2) is 0 Å². The Kier molecular flexibility index (Phi) is 6.50. The van der Waals surface area contributed by atoms with Crippen LogP contribution in [0.3, 0.4) is 0 Å². The highest BCUT2D eigenvalue weighted by Crippen LogP contribution is 2.27. The van der Waals surface area contributed by atoms with Crippen molar-refractivity contribution in [2.45, 2.75) is 27.7 Å². The highest BCUT2D eigenvalue weighted by atomic mass is 16.3. The molecule has 0 saturated carbocycles. The number of hydrogen-bond donors (Lipinski definition) is 3. The Bertz CT molecular complexity index is 450. The predicted octanol–water partition coefficient (Wildman–Crippen LogP) is 3.93. The number of allylic oxidation sites excluding steroid dienone is 3. The zero-order valence-corrected chi connectivity index (χ0v) is 11.4. The molecule has 0 radical (unpaired) electrons. The maximum absolute atomic E-state index is 9.51. The van der Waals surface area contributed by atoms with E-state index in [1.54, 1.807) is 19.1 Å². The summed E-state index contributed by atoms with van der Waals surface area (Å²) in [5, 5.41) is 26.8. The van der Waals surface area contributed by atoms with E-state index < -0.39 is 0 Å². The molecule has 0 aromatic heterocycles. The lowest BCUT2D eigenvalue weighted by Gasteiger charge is -2.05. The summed E-state index contributed by atoms with van der Waals surface area (Å²) < 4.78 is 0. The topological polar surface area (TPSA) is 64.3 Å². The van der Waals surface area contributed by atoms with Gasteiger partial charge < -0.3 is 15.6 Å². The Morgan fingerprint density at radius 2 is 1.61 bits per heavy atom. The summed E-state index contributed by atoms with van der Waals surface area (Å²) >= 11 is 0. The molecule has 0 atom stereocenters. The number of rotatable bonds is 3. The number of aromatic hydroxyl groups is 2. The smallest absolute Gasteiger partial charge is 0.122 e. The van der Waals surface area contributed by atoms with Crippen molar-refractivity contribution in [1.82, 2.24) is 0 Å². The zero-order valence-electron chi connectivity index (χ0n) is 11.4. The second kappa shape index (κ2) is 7.33. The molecule has 0 bridgehead atoms. The van der Waals surface area contributed by atoms with Crippen molar-refractivity contribution in [2.75, 3.05) is 0 Å². The van der Waals surface area contributed by atoms with Gasteiger partial charge >= 0.3 is 0 Å². The first-order chi connectivity index (χ1) is 8.41. The molecule has 98 valence electrons. The van der Waals surface area contributed by atoms with Gasteiger partial charge in [-0.25, -0.2) is 0 Å². The lowest BCUT2D eigenvalue weighted by molar-refractivity contribution is 0.443. The molecule has 3 nitrogen and oxygen atoms in total. The Hall–Kier alpha value is -2.03. The maximum Gasteiger partial charge on any atom is 0.122 e. The average Bonchev–Trinajstić information content (AvgIpc) is 2.34. The minimum Gasteiger partial charge on any atom is -0.508 e. The molecule has 1 rings (SSSR count). The van der Waals surface area contributed by atoms with Gasteiger partial charge in [0, 0.05) is 11.1 Å². The highest BCUT2D eigenvalue weighted by molar-refractivity contribution is 6.07. The van der Waals surface area contributed by atoms with E-state index in [0.29, 0.717) is 11.1 Å². The number of nitrogens with one attached hydrogen (secondary N) is 1. The lowest BCUT2D eigenvalue weighted by Crippen LogP contribution is -1.95. The second-order valence-corrected chi connectivity index (χ2v) is 3.73. The first-order valence-corrected chi connectivity index (χ1v) is 5.87. The first kappa shape index (κ1) is 16.0. The quantitative estimate of drug-likeness (QED) is 0.559. The van der Waals surface area contributed by atoms with Crippen LogP contribution in [0.1, 0.15) is 31.9 Å². The van der Waals surface area contributed by atoms with Gasteiger partial charge in [-0.1, -0.05) is 32.1 Å². The van der Waals surface area contributed by atoms with Gasteiger partial charge in [0.25, 0.3) is 0 Å². The van der Waals surface area contributed by atoms with Crippen LogP contribution in [0.5, 0.6) is 11.5 Å². The number of phenols is 2. The molecule has 0 aliphatic carbocycles. The fourth-order valence-electron chi connectivity index (χ4n) is 1.16. The summed E-state index contributed by atoms with van der Waals surface area (Å²) in [4.78, 5) is 0. The number of benzene rings is 1.